The maximum atomic E-state index is 12.9. The van der Waals surface area contributed by atoms with Crippen LogP contribution in [0.2, 0.25) is 5.02 Å². The van der Waals surface area contributed by atoms with Crippen LogP contribution >= 0.6 is 22.9 Å². The van der Waals surface area contributed by atoms with Crippen LogP contribution in [-0.2, 0) is 28.2 Å². The molecule has 0 spiro atoms. The highest BCUT2D eigenvalue weighted by Crippen LogP contribution is 2.24. The number of nitrogens with zero attached hydrogens (tertiary/aromatic N) is 4. The number of thiazole rings is 1. The number of piperazine rings is 1. The molecular formula is C24H29ClN4O3S2. The molecule has 1 amide bonds. The molecule has 182 valence electrons. The van der Waals surface area contributed by atoms with Crippen LogP contribution < -0.4 is 4.80 Å². The Morgan fingerprint density at radius 2 is 1.76 bits per heavy atom. The van der Waals surface area contributed by atoms with Gasteiger partial charge >= 0.3 is 0 Å². The first-order chi connectivity index (χ1) is 16.2. The zero-order valence-electron chi connectivity index (χ0n) is 19.6. The Bertz CT molecular complexity index is 1390. The van der Waals surface area contributed by atoms with Crippen molar-refractivity contribution in [3.05, 3.63) is 56.8 Å². The van der Waals surface area contributed by atoms with E-state index in [-0.39, 0.29) is 23.0 Å². The highest BCUT2D eigenvalue weighted by Gasteiger charge is 2.24. The smallest absolute Gasteiger partial charge is 0.223 e. The molecule has 7 nitrogen and oxygen atoms in total. The van der Waals surface area contributed by atoms with Crippen molar-refractivity contribution < 1.29 is 13.2 Å². The molecule has 10 heteroatoms. The molecule has 2 aromatic carbocycles. The Morgan fingerprint density at radius 1 is 1.09 bits per heavy atom. The van der Waals surface area contributed by atoms with Gasteiger partial charge in [-0.3, -0.25) is 14.7 Å². The molecule has 2 heterocycles. The van der Waals surface area contributed by atoms with Crippen molar-refractivity contribution in [3.8, 4) is 0 Å². The van der Waals surface area contributed by atoms with Gasteiger partial charge in [-0.1, -0.05) is 23.7 Å². The molecule has 1 fully saturated rings. The third-order valence-corrected chi connectivity index (χ3v) is 9.48. The van der Waals surface area contributed by atoms with Gasteiger partial charge in [-0.05, 0) is 42.0 Å². The predicted molar refractivity (Wildman–Crippen MR) is 137 cm³/mol. The maximum absolute atomic E-state index is 12.9. The number of carbonyl (C=O) groups is 1. The van der Waals surface area contributed by atoms with Crippen molar-refractivity contribution in [2.45, 2.75) is 24.8 Å². The van der Waals surface area contributed by atoms with Gasteiger partial charge < -0.3 is 9.47 Å². The van der Waals surface area contributed by atoms with Crippen LogP contribution in [0.5, 0.6) is 0 Å². The van der Waals surface area contributed by atoms with Crippen LogP contribution in [-0.4, -0.2) is 67.7 Å². The van der Waals surface area contributed by atoms with E-state index in [0.29, 0.717) is 18.1 Å². The predicted octanol–water partition coefficient (Wildman–Crippen LogP) is 3.24. The van der Waals surface area contributed by atoms with Crippen LogP contribution in [0.3, 0.4) is 0 Å². The molecule has 34 heavy (non-hydrogen) atoms. The van der Waals surface area contributed by atoms with E-state index < -0.39 is 9.84 Å². The number of fused-ring (bicyclic) bond motifs is 1. The van der Waals surface area contributed by atoms with Gasteiger partial charge in [-0.2, -0.15) is 0 Å². The maximum Gasteiger partial charge on any atom is 0.223 e. The first kappa shape index (κ1) is 24.9. The molecule has 0 unspecified atom stereocenters. The lowest BCUT2D eigenvalue weighted by Gasteiger charge is -2.35. The Balaban J connectivity index is 1.32. The summed E-state index contributed by atoms with van der Waals surface area (Å²) in [6.45, 7) is 5.66. The number of sulfone groups is 1. The molecule has 1 aliphatic rings. The summed E-state index contributed by atoms with van der Waals surface area (Å²) >= 11 is 7.69. The van der Waals surface area contributed by atoms with Gasteiger partial charge in [-0.25, -0.2) is 8.42 Å². The summed E-state index contributed by atoms with van der Waals surface area (Å²) in [6.07, 6.45) is -0.0129. The zero-order valence-corrected chi connectivity index (χ0v) is 22.0. The van der Waals surface area contributed by atoms with Gasteiger partial charge in [0.25, 0.3) is 0 Å². The van der Waals surface area contributed by atoms with E-state index in [0.717, 1.165) is 35.2 Å². The number of rotatable bonds is 6. The van der Waals surface area contributed by atoms with E-state index in [4.69, 9.17) is 11.6 Å². The fourth-order valence-corrected chi connectivity index (χ4v) is 6.65. The third kappa shape index (κ3) is 5.38. The number of benzene rings is 2. The van der Waals surface area contributed by atoms with Gasteiger partial charge in [-0.15, -0.1) is 11.3 Å². The molecule has 0 atom stereocenters. The Kier molecular flexibility index (Phi) is 7.47. The lowest BCUT2D eigenvalue weighted by atomic mass is 10.1. The second-order valence-electron chi connectivity index (χ2n) is 8.55. The van der Waals surface area contributed by atoms with E-state index >= 15 is 0 Å². The molecule has 4 rings (SSSR count). The lowest BCUT2D eigenvalue weighted by Crippen LogP contribution is -2.48. The van der Waals surface area contributed by atoms with Crippen molar-refractivity contribution in [2.75, 3.05) is 39.0 Å². The van der Waals surface area contributed by atoms with E-state index in [1.54, 1.807) is 59.7 Å². The fourth-order valence-electron chi connectivity index (χ4n) is 4.28. The molecule has 1 saturated heterocycles. The summed E-state index contributed by atoms with van der Waals surface area (Å²) in [6, 6.07) is 10.3. The summed E-state index contributed by atoms with van der Waals surface area (Å²) in [5.41, 5.74) is 1.24. The van der Waals surface area contributed by atoms with Crippen LogP contribution in [0.1, 0.15) is 17.0 Å². The molecule has 0 saturated carbocycles. The molecular weight excluding hydrogens is 492 g/mol. The van der Waals surface area contributed by atoms with E-state index in [9.17, 15) is 13.2 Å². The third-order valence-electron chi connectivity index (χ3n) is 6.35. The highest BCUT2D eigenvalue weighted by molar-refractivity contribution is 7.91. The molecule has 0 aliphatic carbocycles. The molecule has 0 radical (unpaired) electrons. The van der Waals surface area contributed by atoms with Crippen LogP contribution in [0.25, 0.3) is 10.8 Å². The van der Waals surface area contributed by atoms with Crippen molar-refractivity contribution in [1.82, 2.24) is 14.4 Å². The van der Waals surface area contributed by atoms with E-state index in [1.165, 1.54) is 10.6 Å². The topological polar surface area (TPSA) is 75.0 Å². The summed E-state index contributed by atoms with van der Waals surface area (Å²) in [4.78, 5) is 23.7. The first-order valence-corrected chi connectivity index (χ1v) is 14.0. The number of amides is 1. The second kappa shape index (κ2) is 10.2. The Morgan fingerprint density at radius 3 is 2.44 bits per heavy atom. The minimum Gasteiger partial charge on any atom is -0.340 e. The van der Waals surface area contributed by atoms with E-state index in [2.05, 4.69) is 21.4 Å². The van der Waals surface area contributed by atoms with Crippen molar-refractivity contribution in [2.24, 2.45) is 12.0 Å². The number of hydrogen-bond acceptors (Lipinski definition) is 6. The minimum absolute atomic E-state index is 0.0129. The number of aryl methyl sites for hydroxylation is 1. The minimum atomic E-state index is -3.56. The average Bonchev–Trinajstić information content (AvgIpc) is 3.10. The quantitative estimate of drug-likeness (QED) is 0.500. The molecule has 1 aliphatic heterocycles. The van der Waals surface area contributed by atoms with Crippen LogP contribution in [0.15, 0.2) is 46.3 Å². The normalized spacial score (nSPS) is 15.9. The summed E-state index contributed by atoms with van der Waals surface area (Å²) < 4.78 is 27.9. The number of carbonyl (C=O) groups excluding carboxylic acids is 1. The SMILES string of the molecule is CN=c1sc(C)c(CN2CCN(C(=O)CCS(=O)(=O)c3ccc4cc(Cl)ccc4c3)CC2)n1C. The molecule has 1 aromatic heterocycles. The molecule has 0 bridgehead atoms. The second-order valence-corrected chi connectivity index (χ2v) is 12.3. The monoisotopic (exact) mass is 520 g/mol. The van der Waals surface area contributed by atoms with Gasteiger partial charge in [0.2, 0.25) is 5.91 Å². The fraction of sp³-hybridized carbons (Fsp3) is 0.417. The number of aromatic nitrogens is 1. The Labute approximate surface area is 209 Å². The number of halogens is 1. The van der Waals surface area contributed by atoms with E-state index in [1.807, 2.05) is 7.05 Å². The van der Waals surface area contributed by atoms with Gasteiger partial charge in [0.15, 0.2) is 14.6 Å². The summed E-state index contributed by atoms with van der Waals surface area (Å²) in [7, 11) is 0.277. The number of hydrogen-bond donors (Lipinski definition) is 0. The van der Waals surface area contributed by atoms with Crippen LogP contribution in [0, 0.1) is 6.92 Å². The van der Waals surface area contributed by atoms with Gasteiger partial charge in [0.05, 0.1) is 10.6 Å². The van der Waals surface area contributed by atoms with Crippen molar-refractivity contribution >= 4 is 49.5 Å². The highest BCUT2D eigenvalue weighted by atomic mass is 35.5. The lowest BCUT2D eigenvalue weighted by molar-refractivity contribution is -0.132. The summed E-state index contributed by atoms with van der Waals surface area (Å²) in [5.74, 6) is -0.307. The van der Waals surface area contributed by atoms with Gasteiger partial charge in [0.1, 0.15) is 0 Å². The molecule has 0 N–H and O–H groups in total. The van der Waals surface area contributed by atoms with Crippen molar-refractivity contribution in [3.63, 3.8) is 0 Å². The van der Waals surface area contributed by atoms with Crippen molar-refractivity contribution in [1.29, 1.82) is 0 Å². The average molecular weight is 521 g/mol. The zero-order chi connectivity index (χ0) is 24.5. The largest absolute Gasteiger partial charge is 0.340 e. The van der Waals surface area contributed by atoms with Crippen LogP contribution in [0.4, 0.5) is 0 Å². The van der Waals surface area contributed by atoms with Gasteiger partial charge in [0, 0.05) is 68.8 Å². The summed E-state index contributed by atoms with van der Waals surface area (Å²) in [5, 5.41) is 2.29. The molecule has 3 aromatic rings. The Hall–Kier alpha value is -2.20. The first-order valence-electron chi connectivity index (χ1n) is 11.2. The standard InChI is InChI=1S/C24H29ClN4O3S2/c1-17-22(27(3)24(26-2)33-17)16-28-9-11-29(12-10-28)23(30)8-13-34(31,32)21-7-5-18-14-20(25)6-4-19(18)15-21/h4-7,14-15H,8-13,16H2,1-3H3.